The number of hydrogen-bond donors (Lipinski definition) is 0. The number of rotatable bonds is 5. The van der Waals surface area contributed by atoms with Crippen LogP contribution in [0.25, 0.3) is 10.1 Å². The van der Waals surface area contributed by atoms with E-state index in [1.807, 2.05) is 17.4 Å². The van der Waals surface area contributed by atoms with E-state index in [1.165, 1.54) is 36.2 Å². The topological polar surface area (TPSA) is 20.3 Å². The van der Waals surface area contributed by atoms with Crippen LogP contribution >= 0.6 is 11.3 Å². The lowest BCUT2D eigenvalue weighted by atomic mass is 9.87. The molecule has 0 saturated carbocycles. The first kappa shape index (κ1) is 16.5. The smallest absolute Gasteiger partial charge is 0.191 e. The molecule has 3 rings (SSSR count). The molecule has 2 nitrogen and oxygen atoms in total. The number of unbranched alkanes of at least 4 members (excludes halogenated alkanes) is 1. The average molecular weight is 330 g/mol. The normalized spacial score (nSPS) is 17.3. The third-order valence-corrected chi connectivity index (χ3v) is 6.41. The maximum Gasteiger partial charge on any atom is 0.191 e. The van der Waals surface area contributed by atoms with Gasteiger partial charge in [0.25, 0.3) is 0 Å². The second-order valence-corrected chi connectivity index (χ2v) is 7.94. The van der Waals surface area contributed by atoms with Crippen molar-refractivity contribution < 1.29 is 0 Å². The van der Waals surface area contributed by atoms with Gasteiger partial charge in [0.1, 0.15) is 0 Å². The van der Waals surface area contributed by atoms with Crippen LogP contribution in [-0.2, 0) is 12.8 Å². The summed E-state index contributed by atoms with van der Waals surface area (Å²) in [6.07, 6.45) is 6.87. The summed E-state index contributed by atoms with van der Waals surface area (Å²) in [6, 6.07) is 6.36. The molecular formula is C20H27NOS. The molecule has 0 N–H and O–H groups in total. The Labute approximate surface area is 143 Å². The van der Waals surface area contributed by atoms with Crippen molar-refractivity contribution in [3.63, 3.8) is 0 Å². The highest BCUT2D eigenvalue weighted by atomic mass is 32.1. The van der Waals surface area contributed by atoms with Crippen LogP contribution in [0.1, 0.15) is 50.0 Å². The monoisotopic (exact) mass is 329 g/mol. The maximum atomic E-state index is 12.8. The van der Waals surface area contributed by atoms with E-state index in [-0.39, 0.29) is 5.43 Å². The van der Waals surface area contributed by atoms with Crippen LogP contribution in [0, 0.1) is 5.92 Å². The molecule has 124 valence electrons. The van der Waals surface area contributed by atoms with Crippen molar-refractivity contribution in [1.29, 1.82) is 0 Å². The van der Waals surface area contributed by atoms with Crippen LogP contribution in [0.15, 0.2) is 23.0 Å². The fraction of sp³-hybridized carbons (Fsp3) is 0.550. The van der Waals surface area contributed by atoms with Crippen LogP contribution in [0.2, 0.25) is 0 Å². The van der Waals surface area contributed by atoms with Gasteiger partial charge in [-0.1, -0.05) is 26.7 Å². The Bertz CT molecular complexity index is 749. The van der Waals surface area contributed by atoms with E-state index in [9.17, 15) is 4.79 Å². The van der Waals surface area contributed by atoms with Gasteiger partial charge in [0.2, 0.25) is 0 Å². The zero-order chi connectivity index (χ0) is 16.4. The van der Waals surface area contributed by atoms with Gasteiger partial charge in [0, 0.05) is 39.8 Å². The lowest BCUT2D eigenvalue weighted by Crippen LogP contribution is -2.21. The minimum atomic E-state index is 0.283. The first-order valence-corrected chi connectivity index (χ1v) is 9.75. The first-order chi connectivity index (χ1) is 11.1. The van der Waals surface area contributed by atoms with E-state index in [0.717, 1.165) is 41.0 Å². The summed E-state index contributed by atoms with van der Waals surface area (Å²) in [7, 11) is 2.14. The van der Waals surface area contributed by atoms with E-state index in [4.69, 9.17) is 0 Å². The zero-order valence-electron chi connectivity index (χ0n) is 14.5. The summed E-state index contributed by atoms with van der Waals surface area (Å²) in [5.41, 5.74) is 2.61. The van der Waals surface area contributed by atoms with Crippen molar-refractivity contribution in [3.05, 3.63) is 38.9 Å². The summed E-state index contributed by atoms with van der Waals surface area (Å²) in [4.78, 5) is 16.5. The average Bonchev–Trinajstić information content (AvgIpc) is 2.58. The number of fused-ring (bicyclic) bond motifs is 2. The van der Waals surface area contributed by atoms with Gasteiger partial charge in [-0.3, -0.25) is 4.79 Å². The molecule has 0 saturated heterocycles. The summed E-state index contributed by atoms with van der Waals surface area (Å²) in [5, 5.41) is 0.913. The molecule has 3 heteroatoms. The van der Waals surface area contributed by atoms with Crippen LogP contribution in [0.5, 0.6) is 0 Å². The third kappa shape index (κ3) is 3.30. The molecule has 0 aliphatic heterocycles. The molecule has 1 atom stereocenters. The van der Waals surface area contributed by atoms with Crippen LogP contribution in [-0.4, -0.2) is 13.6 Å². The SMILES string of the molecule is CCCCN(C)c1ccc2c(=O)c3c(sc2c1)CC(CC)CC3. The standard InChI is InChI=1S/C20H27NOS/c1-4-6-11-21(3)15-8-10-17-19(13-15)23-18-12-14(5-2)7-9-16(18)20(17)22/h8,10,13-14H,4-7,9,11-12H2,1-3H3. The summed E-state index contributed by atoms with van der Waals surface area (Å²) < 4.78 is 1.16. The lowest BCUT2D eigenvalue weighted by Gasteiger charge is -2.23. The van der Waals surface area contributed by atoms with Crippen LogP contribution in [0.4, 0.5) is 5.69 Å². The fourth-order valence-electron chi connectivity index (χ4n) is 3.51. The molecule has 0 fully saturated rings. The van der Waals surface area contributed by atoms with E-state index in [0.29, 0.717) is 0 Å². The Morgan fingerprint density at radius 1 is 1.30 bits per heavy atom. The first-order valence-electron chi connectivity index (χ1n) is 8.93. The highest BCUT2D eigenvalue weighted by Gasteiger charge is 2.21. The number of benzene rings is 1. The largest absolute Gasteiger partial charge is 0.375 e. The molecule has 0 amide bonds. The highest BCUT2D eigenvalue weighted by Crippen LogP contribution is 2.33. The van der Waals surface area contributed by atoms with E-state index < -0.39 is 0 Å². The maximum absolute atomic E-state index is 12.8. The Balaban J connectivity index is 2.01. The number of anilines is 1. The van der Waals surface area contributed by atoms with Gasteiger partial charge in [-0.15, -0.1) is 11.3 Å². The Morgan fingerprint density at radius 2 is 2.13 bits per heavy atom. The van der Waals surface area contributed by atoms with Crippen molar-refractivity contribution >= 4 is 27.1 Å². The summed E-state index contributed by atoms with van der Waals surface area (Å²) >= 11 is 1.85. The third-order valence-electron chi connectivity index (χ3n) is 5.20. The van der Waals surface area contributed by atoms with Gasteiger partial charge >= 0.3 is 0 Å². The summed E-state index contributed by atoms with van der Waals surface area (Å²) in [6.45, 7) is 5.55. The highest BCUT2D eigenvalue weighted by molar-refractivity contribution is 7.18. The predicted molar refractivity (Wildman–Crippen MR) is 102 cm³/mol. The Kier molecular flexibility index (Phi) is 5.05. The number of nitrogens with zero attached hydrogens (tertiary/aromatic N) is 1. The second-order valence-electron chi connectivity index (χ2n) is 6.81. The fourth-order valence-corrected chi connectivity index (χ4v) is 4.86. The van der Waals surface area contributed by atoms with Gasteiger partial charge in [-0.2, -0.15) is 0 Å². The van der Waals surface area contributed by atoms with E-state index in [1.54, 1.807) is 0 Å². The van der Waals surface area contributed by atoms with Gasteiger partial charge in [-0.05, 0) is 49.8 Å². The molecule has 0 bridgehead atoms. The molecule has 1 aromatic carbocycles. The number of hydrogen-bond acceptors (Lipinski definition) is 3. The minimum absolute atomic E-state index is 0.283. The van der Waals surface area contributed by atoms with Gasteiger partial charge < -0.3 is 4.90 Å². The molecule has 1 aliphatic rings. The Hall–Kier alpha value is -1.35. The van der Waals surface area contributed by atoms with Crippen molar-refractivity contribution in [2.24, 2.45) is 5.92 Å². The van der Waals surface area contributed by atoms with E-state index in [2.05, 4.69) is 37.9 Å². The zero-order valence-corrected chi connectivity index (χ0v) is 15.3. The molecular weight excluding hydrogens is 302 g/mol. The van der Waals surface area contributed by atoms with Crippen molar-refractivity contribution in [2.45, 2.75) is 52.4 Å². The molecule has 1 aromatic heterocycles. The predicted octanol–water partition coefficient (Wildman–Crippen LogP) is 5.01. The molecule has 23 heavy (non-hydrogen) atoms. The van der Waals surface area contributed by atoms with Crippen LogP contribution in [0.3, 0.4) is 0 Å². The second kappa shape index (κ2) is 7.04. The molecule has 1 unspecified atom stereocenters. The Morgan fingerprint density at radius 3 is 2.87 bits per heavy atom. The van der Waals surface area contributed by atoms with E-state index >= 15 is 0 Å². The lowest BCUT2D eigenvalue weighted by molar-refractivity contribution is 0.448. The van der Waals surface area contributed by atoms with Crippen molar-refractivity contribution in [3.8, 4) is 0 Å². The van der Waals surface area contributed by atoms with Gasteiger partial charge in [0.15, 0.2) is 5.43 Å². The van der Waals surface area contributed by atoms with Gasteiger partial charge in [0.05, 0.1) is 0 Å². The molecule has 1 aliphatic carbocycles. The van der Waals surface area contributed by atoms with Crippen molar-refractivity contribution in [1.82, 2.24) is 0 Å². The quantitative estimate of drug-likeness (QED) is 0.768. The molecule has 0 radical (unpaired) electrons. The summed E-state index contributed by atoms with van der Waals surface area (Å²) in [5.74, 6) is 0.756. The molecule has 1 heterocycles. The molecule has 2 aromatic rings. The van der Waals surface area contributed by atoms with Crippen molar-refractivity contribution in [2.75, 3.05) is 18.5 Å². The molecule has 0 spiro atoms. The van der Waals surface area contributed by atoms with Crippen LogP contribution < -0.4 is 10.3 Å². The van der Waals surface area contributed by atoms with Gasteiger partial charge in [-0.25, -0.2) is 0 Å². The minimum Gasteiger partial charge on any atom is -0.375 e.